The molecule has 5 nitrogen and oxygen atoms in total. The molecule has 1 aliphatic rings. The second kappa shape index (κ2) is 7.11. The van der Waals surface area contributed by atoms with Gasteiger partial charge in [-0.25, -0.2) is 0 Å². The molecular weight excluding hydrogens is 292 g/mol. The summed E-state index contributed by atoms with van der Waals surface area (Å²) in [5.74, 6) is 0.988. The summed E-state index contributed by atoms with van der Waals surface area (Å²) in [5.41, 5.74) is 0.651. The van der Waals surface area contributed by atoms with Gasteiger partial charge in [0.1, 0.15) is 5.75 Å². The molecule has 0 heterocycles. The third-order valence-corrected chi connectivity index (χ3v) is 3.93. The van der Waals surface area contributed by atoms with Crippen molar-refractivity contribution in [3.63, 3.8) is 0 Å². The minimum Gasteiger partial charge on any atom is -0.495 e. The van der Waals surface area contributed by atoms with Crippen molar-refractivity contribution in [3.05, 3.63) is 23.2 Å². The van der Waals surface area contributed by atoms with Gasteiger partial charge < -0.3 is 15.2 Å². The Hall–Kier alpha value is -1.30. The van der Waals surface area contributed by atoms with Gasteiger partial charge in [0.05, 0.1) is 24.8 Å². The number of carbonyl (C=O) groups is 1. The fourth-order valence-electron chi connectivity index (χ4n) is 2.54. The predicted octanol–water partition coefficient (Wildman–Crippen LogP) is 1.99. The van der Waals surface area contributed by atoms with Gasteiger partial charge in [-0.2, -0.15) is 0 Å². The number of amides is 1. The van der Waals surface area contributed by atoms with Gasteiger partial charge in [0.15, 0.2) is 0 Å². The average Bonchev–Trinajstić information content (AvgIpc) is 2.36. The topological polar surface area (TPSA) is 61.8 Å². The minimum absolute atomic E-state index is 0.0846. The Morgan fingerprint density at radius 2 is 2.24 bits per heavy atom. The van der Waals surface area contributed by atoms with Crippen LogP contribution in [0.15, 0.2) is 18.2 Å². The van der Waals surface area contributed by atoms with E-state index in [0.717, 1.165) is 19.4 Å². The van der Waals surface area contributed by atoms with Crippen LogP contribution in [0.2, 0.25) is 5.02 Å². The molecule has 0 bridgehead atoms. The summed E-state index contributed by atoms with van der Waals surface area (Å²) in [6.07, 6.45) is 1.51. The lowest BCUT2D eigenvalue weighted by Crippen LogP contribution is -2.39. The van der Waals surface area contributed by atoms with Crippen LogP contribution in [0.5, 0.6) is 5.75 Å². The number of hydrogen-bond acceptors (Lipinski definition) is 4. The van der Waals surface area contributed by atoms with Crippen molar-refractivity contribution < 1.29 is 14.6 Å². The van der Waals surface area contributed by atoms with Crippen LogP contribution in [0, 0.1) is 5.92 Å². The second-order valence-corrected chi connectivity index (χ2v) is 5.99. The summed E-state index contributed by atoms with van der Waals surface area (Å²) in [6, 6.07) is 5.14. The van der Waals surface area contributed by atoms with Gasteiger partial charge in [0.2, 0.25) is 5.91 Å². The van der Waals surface area contributed by atoms with E-state index in [0.29, 0.717) is 28.9 Å². The van der Waals surface area contributed by atoms with E-state index < -0.39 is 0 Å². The van der Waals surface area contributed by atoms with E-state index in [1.54, 1.807) is 25.3 Å². The zero-order chi connectivity index (χ0) is 15.4. The van der Waals surface area contributed by atoms with E-state index in [1.807, 2.05) is 11.9 Å². The van der Waals surface area contributed by atoms with Crippen molar-refractivity contribution in [1.82, 2.24) is 4.90 Å². The van der Waals surface area contributed by atoms with Gasteiger partial charge in [-0.1, -0.05) is 11.6 Å². The van der Waals surface area contributed by atoms with Gasteiger partial charge in [-0.3, -0.25) is 9.69 Å². The largest absolute Gasteiger partial charge is 0.495 e. The number of methoxy groups -OCH3 is 1. The molecule has 2 N–H and O–H groups in total. The molecule has 1 aromatic carbocycles. The molecule has 0 aromatic heterocycles. The first-order valence-electron chi connectivity index (χ1n) is 6.98. The molecule has 0 spiro atoms. The molecule has 0 aliphatic heterocycles. The lowest BCUT2D eigenvalue weighted by molar-refractivity contribution is -0.117. The Morgan fingerprint density at radius 3 is 2.81 bits per heavy atom. The number of nitrogens with one attached hydrogen (secondary N) is 1. The van der Waals surface area contributed by atoms with Crippen molar-refractivity contribution in [2.24, 2.45) is 5.92 Å². The minimum atomic E-state index is -0.154. The molecule has 116 valence electrons. The zero-order valence-electron chi connectivity index (χ0n) is 12.3. The number of rotatable bonds is 6. The van der Waals surface area contributed by atoms with Crippen molar-refractivity contribution >= 4 is 23.2 Å². The molecule has 0 radical (unpaired) electrons. The van der Waals surface area contributed by atoms with E-state index in [-0.39, 0.29) is 12.0 Å². The Labute approximate surface area is 129 Å². The molecule has 6 heteroatoms. The van der Waals surface area contributed by atoms with Gasteiger partial charge >= 0.3 is 0 Å². The van der Waals surface area contributed by atoms with Crippen molar-refractivity contribution in [2.75, 3.05) is 32.6 Å². The van der Waals surface area contributed by atoms with E-state index in [1.165, 1.54) is 0 Å². The molecule has 1 amide bonds. The highest BCUT2D eigenvalue weighted by molar-refractivity contribution is 6.32. The number of ether oxygens (including phenoxy) is 1. The van der Waals surface area contributed by atoms with Crippen LogP contribution < -0.4 is 10.1 Å². The lowest BCUT2D eigenvalue weighted by Gasteiger charge is -2.34. The summed E-state index contributed by atoms with van der Waals surface area (Å²) < 4.78 is 5.07. The average molecular weight is 313 g/mol. The highest BCUT2D eigenvalue weighted by Crippen LogP contribution is 2.28. The summed E-state index contributed by atoms with van der Waals surface area (Å²) in [4.78, 5) is 13.9. The molecule has 1 aliphatic carbocycles. The molecule has 0 saturated heterocycles. The van der Waals surface area contributed by atoms with Crippen LogP contribution in [0.1, 0.15) is 12.8 Å². The first-order chi connectivity index (χ1) is 9.97. The highest BCUT2D eigenvalue weighted by atomic mass is 35.5. The molecular formula is C15H21ClN2O3. The molecule has 0 unspecified atom stereocenters. The predicted molar refractivity (Wildman–Crippen MR) is 82.9 cm³/mol. The van der Waals surface area contributed by atoms with Gasteiger partial charge in [0.25, 0.3) is 0 Å². The Morgan fingerprint density at radius 1 is 1.52 bits per heavy atom. The molecule has 21 heavy (non-hydrogen) atoms. The Bertz CT molecular complexity index is 504. The molecule has 0 atom stereocenters. The van der Waals surface area contributed by atoms with Crippen LogP contribution in [0.4, 0.5) is 5.69 Å². The molecule has 1 fully saturated rings. The first-order valence-corrected chi connectivity index (χ1v) is 7.35. The number of nitrogens with zero attached hydrogens (tertiary/aromatic N) is 1. The number of aliphatic hydroxyl groups is 1. The summed E-state index contributed by atoms with van der Waals surface area (Å²) in [5, 5.41) is 12.5. The zero-order valence-corrected chi connectivity index (χ0v) is 13.1. The van der Waals surface area contributed by atoms with E-state index in [2.05, 4.69) is 5.32 Å². The maximum Gasteiger partial charge on any atom is 0.238 e. The van der Waals surface area contributed by atoms with Crippen LogP contribution >= 0.6 is 11.6 Å². The fourth-order valence-corrected chi connectivity index (χ4v) is 2.80. The van der Waals surface area contributed by atoms with Gasteiger partial charge in [-0.15, -0.1) is 0 Å². The third-order valence-electron chi connectivity index (χ3n) is 3.63. The standard InChI is InChI=1S/C15H21ClN2O3/c1-18(8-10-5-12(19)6-10)9-15(20)17-11-3-4-14(21-2)13(16)7-11/h3-4,7,10,12,19H,5-6,8-9H2,1-2H3,(H,17,20). The lowest BCUT2D eigenvalue weighted by atomic mass is 9.82. The summed E-state index contributed by atoms with van der Waals surface area (Å²) in [6.45, 7) is 1.14. The second-order valence-electron chi connectivity index (χ2n) is 5.59. The monoisotopic (exact) mass is 312 g/mol. The number of aliphatic hydroxyl groups excluding tert-OH is 1. The number of benzene rings is 1. The number of likely N-dealkylation sites (N-methyl/N-ethyl adjacent to an activating group) is 1. The summed E-state index contributed by atoms with van der Waals surface area (Å²) >= 11 is 6.02. The molecule has 2 rings (SSSR count). The van der Waals surface area contributed by atoms with Crippen LogP contribution in [-0.4, -0.2) is 49.3 Å². The third kappa shape index (κ3) is 4.59. The number of carbonyl (C=O) groups excluding carboxylic acids is 1. The SMILES string of the molecule is COc1ccc(NC(=O)CN(C)CC2CC(O)C2)cc1Cl. The quantitative estimate of drug-likeness (QED) is 0.843. The van der Waals surface area contributed by atoms with E-state index in [9.17, 15) is 9.90 Å². The fraction of sp³-hybridized carbons (Fsp3) is 0.533. The molecule has 1 saturated carbocycles. The van der Waals surface area contributed by atoms with Crippen LogP contribution in [0.3, 0.4) is 0 Å². The maximum absolute atomic E-state index is 12.0. The number of anilines is 1. The summed E-state index contributed by atoms with van der Waals surface area (Å²) in [7, 11) is 3.46. The number of hydrogen-bond donors (Lipinski definition) is 2. The smallest absolute Gasteiger partial charge is 0.238 e. The highest BCUT2D eigenvalue weighted by Gasteiger charge is 2.28. The van der Waals surface area contributed by atoms with Crippen molar-refractivity contribution in [1.29, 1.82) is 0 Å². The Kier molecular flexibility index (Phi) is 5.45. The van der Waals surface area contributed by atoms with Crippen LogP contribution in [-0.2, 0) is 4.79 Å². The van der Waals surface area contributed by atoms with E-state index >= 15 is 0 Å². The van der Waals surface area contributed by atoms with Crippen molar-refractivity contribution in [3.8, 4) is 5.75 Å². The molecule has 1 aromatic rings. The number of halogens is 1. The van der Waals surface area contributed by atoms with Crippen molar-refractivity contribution in [2.45, 2.75) is 18.9 Å². The van der Waals surface area contributed by atoms with Crippen LogP contribution in [0.25, 0.3) is 0 Å². The van der Waals surface area contributed by atoms with Gasteiger partial charge in [-0.05, 0) is 44.0 Å². The normalized spacial score (nSPS) is 21.0. The van der Waals surface area contributed by atoms with E-state index in [4.69, 9.17) is 16.3 Å². The van der Waals surface area contributed by atoms with Gasteiger partial charge in [0, 0.05) is 12.2 Å². The maximum atomic E-state index is 12.0. The Balaban J connectivity index is 1.79. The first kappa shape index (κ1) is 16.1.